The third kappa shape index (κ3) is 2.55. The van der Waals surface area contributed by atoms with Gasteiger partial charge >= 0.3 is 5.82 Å². The van der Waals surface area contributed by atoms with Crippen molar-refractivity contribution >= 4 is 17.4 Å². The third-order valence-corrected chi connectivity index (χ3v) is 4.35. The van der Waals surface area contributed by atoms with Gasteiger partial charge in [-0.3, -0.25) is 9.78 Å². The van der Waals surface area contributed by atoms with Crippen LogP contribution in [0.2, 0.25) is 0 Å². The first-order valence-electron chi connectivity index (χ1n) is 7.86. The van der Waals surface area contributed by atoms with Crippen LogP contribution in [0.4, 0.5) is 11.5 Å². The number of fused-ring (bicyclic) bond motifs is 1. The molecule has 1 aromatic carbocycles. The van der Waals surface area contributed by atoms with E-state index in [2.05, 4.69) is 15.4 Å². The summed E-state index contributed by atoms with van der Waals surface area (Å²) in [5.74, 6) is -0.882. The van der Waals surface area contributed by atoms with Gasteiger partial charge in [0, 0.05) is 30.5 Å². The van der Waals surface area contributed by atoms with Crippen LogP contribution in [-0.4, -0.2) is 32.1 Å². The van der Waals surface area contributed by atoms with Gasteiger partial charge in [0.25, 0.3) is 5.91 Å². The van der Waals surface area contributed by atoms with E-state index in [0.717, 1.165) is 0 Å². The lowest BCUT2D eigenvalue weighted by Crippen LogP contribution is -2.35. The van der Waals surface area contributed by atoms with Crippen LogP contribution in [0.3, 0.4) is 0 Å². The van der Waals surface area contributed by atoms with Gasteiger partial charge in [-0.25, -0.2) is 0 Å². The number of nitrogens with zero attached hydrogens (tertiary/aromatic N) is 4. The molecule has 0 saturated carbocycles. The molecule has 0 bridgehead atoms. The van der Waals surface area contributed by atoms with E-state index in [0.29, 0.717) is 28.1 Å². The Bertz CT molecular complexity index is 1030. The quantitative estimate of drug-likeness (QED) is 0.420. The van der Waals surface area contributed by atoms with E-state index >= 15 is 0 Å². The minimum atomic E-state index is -0.518. The Morgan fingerprint density at radius 2 is 2.15 bits per heavy atom. The van der Waals surface area contributed by atoms with Crippen LogP contribution in [0.1, 0.15) is 27.4 Å². The van der Waals surface area contributed by atoms with Crippen LogP contribution < -0.4 is 11.1 Å². The van der Waals surface area contributed by atoms with Gasteiger partial charge in [-0.1, -0.05) is 6.07 Å². The Balaban J connectivity index is 1.86. The van der Waals surface area contributed by atoms with Gasteiger partial charge in [-0.05, 0) is 34.8 Å². The molecular weight excluding hydrogens is 336 g/mol. The molecule has 1 amide bonds. The second-order valence-electron chi connectivity index (χ2n) is 5.93. The number of nitro groups is 1. The minimum Gasteiger partial charge on any atom is -0.399 e. The Morgan fingerprint density at radius 1 is 1.31 bits per heavy atom. The zero-order valence-corrected chi connectivity index (χ0v) is 13.5. The van der Waals surface area contributed by atoms with E-state index in [1.165, 1.54) is 10.9 Å². The van der Waals surface area contributed by atoms with Gasteiger partial charge in [-0.15, -0.1) is 4.68 Å². The number of nitrogens with one attached hydrogen (secondary N) is 1. The van der Waals surface area contributed by atoms with Crippen molar-refractivity contribution in [1.82, 2.24) is 20.1 Å². The summed E-state index contributed by atoms with van der Waals surface area (Å²) in [6.45, 7) is 0.249. The minimum absolute atomic E-state index is 0.241. The summed E-state index contributed by atoms with van der Waals surface area (Å²) in [5.41, 5.74) is 8.47. The summed E-state index contributed by atoms with van der Waals surface area (Å²) in [5, 5.41) is 18.4. The highest BCUT2D eigenvalue weighted by atomic mass is 16.6. The molecule has 0 radical (unpaired) electrons. The van der Waals surface area contributed by atoms with Crippen molar-refractivity contribution in [1.29, 1.82) is 0 Å². The monoisotopic (exact) mass is 350 g/mol. The van der Waals surface area contributed by atoms with Crippen LogP contribution in [0.15, 0.2) is 48.9 Å². The summed E-state index contributed by atoms with van der Waals surface area (Å²) >= 11 is 0. The molecule has 0 aliphatic carbocycles. The molecular formula is C17H14N6O3. The molecule has 1 aliphatic rings. The Kier molecular flexibility index (Phi) is 3.61. The lowest BCUT2D eigenvalue weighted by atomic mass is 9.87. The van der Waals surface area contributed by atoms with Crippen molar-refractivity contribution < 1.29 is 9.72 Å². The predicted molar refractivity (Wildman–Crippen MR) is 93.0 cm³/mol. The van der Waals surface area contributed by atoms with Crippen molar-refractivity contribution in [3.05, 3.63) is 75.7 Å². The van der Waals surface area contributed by atoms with Crippen LogP contribution >= 0.6 is 0 Å². The molecule has 0 saturated heterocycles. The number of amides is 1. The predicted octanol–water partition coefficient (Wildman–Crippen LogP) is 1.63. The smallest absolute Gasteiger partial charge is 0.394 e. The summed E-state index contributed by atoms with van der Waals surface area (Å²) in [6.07, 6.45) is 4.64. The molecule has 2 aromatic heterocycles. The fraction of sp³-hybridized carbons (Fsp3) is 0.118. The maximum absolute atomic E-state index is 12.0. The SMILES string of the molecule is Nc1cccc(-n2cc(C3CNC(=O)c4cnccc43)c([N+](=O)[O-])n2)c1. The van der Waals surface area contributed by atoms with Gasteiger partial charge in [0.1, 0.15) is 0 Å². The summed E-state index contributed by atoms with van der Waals surface area (Å²) < 4.78 is 1.43. The zero-order chi connectivity index (χ0) is 18.3. The first-order valence-corrected chi connectivity index (χ1v) is 7.86. The Morgan fingerprint density at radius 3 is 2.92 bits per heavy atom. The number of pyridine rings is 1. The van der Waals surface area contributed by atoms with Crippen molar-refractivity contribution in [3.63, 3.8) is 0 Å². The number of nitrogens with two attached hydrogens (primary N) is 1. The maximum atomic E-state index is 12.0. The normalized spacial score (nSPS) is 16.0. The lowest BCUT2D eigenvalue weighted by molar-refractivity contribution is -0.390. The molecule has 4 rings (SSSR count). The van der Waals surface area contributed by atoms with E-state index in [1.807, 2.05) is 0 Å². The highest BCUT2D eigenvalue weighted by Crippen LogP contribution is 2.35. The number of hydrogen-bond acceptors (Lipinski definition) is 6. The molecule has 130 valence electrons. The molecule has 1 aliphatic heterocycles. The van der Waals surface area contributed by atoms with Crippen LogP contribution in [0.5, 0.6) is 0 Å². The van der Waals surface area contributed by atoms with E-state index in [4.69, 9.17) is 5.73 Å². The van der Waals surface area contributed by atoms with Crippen LogP contribution in [0, 0.1) is 10.1 Å². The number of hydrogen-bond donors (Lipinski definition) is 2. The maximum Gasteiger partial charge on any atom is 0.394 e. The van der Waals surface area contributed by atoms with E-state index in [-0.39, 0.29) is 24.2 Å². The number of anilines is 1. The molecule has 0 fully saturated rings. The van der Waals surface area contributed by atoms with Crippen molar-refractivity contribution in [2.24, 2.45) is 0 Å². The topological polar surface area (TPSA) is 129 Å². The zero-order valence-electron chi connectivity index (χ0n) is 13.5. The van der Waals surface area contributed by atoms with Crippen molar-refractivity contribution in [2.45, 2.75) is 5.92 Å². The highest BCUT2D eigenvalue weighted by molar-refractivity contribution is 5.97. The molecule has 26 heavy (non-hydrogen) atoms. The molecule has 9 nitrogen and oxygen atoms in total. The largest absolute Gasteiger partial charge is 0.399 e. The average molecular weight is 350 g/mol. The van der Waals surface area contributed by atoms with Crippen molar-refractivity contribution in [2.75, 3.05) is 12.3 Å². The summed E-state index contributed by atoms with van der Waals surface area (Å²) in [4.78, 5) is 27.0. The number of carbonyl (C=O) groups excluding carboxylic acids is 1. The van der Waals surface area contributed by atoms with E-state index < -0.39 is 4.92 Å². The van der Waals surface area contributed by atoms with Crippen LogP contribution in [-0.2, 0) is 0 Å². The summed E-state index contributed by atoms with van der Waals surface area (Å²) in [6, 6.07) is 8.63. The van der Waals surface area contributed by atoms with Gasteiger partial charge in [0.15, 0.2) is 0 Å². The second kappa shape index (κ2) is 5.96. The molecule has 3 aromatic rings. The first kappa shape index (κ1) is 15.8. The first-order chi connectivity index (χ1) is 12.5. The molecule has 9 heteroatoms. The second-order valence-corrected chi connectivity index (χ2v) is 5.93. The highest BCUT2D eigenvalue weighted by Gasteiger charge is 2.34. The standard InChI is InChI=1S/C17H14N6O3/c18-10-2-1-3-11(6-10)22-9-15(16(21-22)23(25)26)13-8-20-17(24)14-7-19-5-4-12(13)14/h1-7,9,13H,8,18H2,(H,20,24). The van der Waals surface area contributed by atoms with Gasteiger partial charge < -0.3 is 21.2 Å². The molecule has 1 atom stereocenters. The number of nitrogen functional groups attached to an aromatic ring is 1. The fourth-order valence-corrected chi connectivity index (χ4v) is 3.14. The number of carbonyl (C=O) groups is 1. The van der Waals surface area contributed by atoms with Crippen LogP contribution in [0.25, 0.3) is 5.69 Å². The third-order valence-electron chi connectivity index (χ3n) is 4.35. The van der Waals surface area contributed by atoms with Crippen molar-refractivity contribution in [3.8, 4) is 5.69 Å². The lowest BCUT2D eigenvalue weighted by Gasteiger charge is -2.24. The Labute approximate surface area is 147 Å². The van der Waals surface area contributed by atoms with E-state index in [9.17, 15) is 14.9 Å². The van der Waals surface area contributed by atoms with Gasteiger partial charge in [0.05, 0.1) is 28.1 Å². The van der Waals surface area contributed by atoms with Gasteiger partial charge in [0.2, 0.25) is 0 Å². The molecule has 0 spiro atoms. The average Bonchev–Trinajstić information content (AvgIpc) is 3.08. The number of aromatic nitrogens is 3. The number of rotatable bonds is 3. The van der Waals surface area contributed by atoms with E-state index in [1.54, 1.807) is 42.7 Å². The fourth-order valence-electron chi connectivity index (χ4n) is 3.14. The molecule has 1 unspecified atom stereocenters. The summed E-state index contributed by atoms with van der Waals surface area (Å²) in [7, 11) is 0. The molecule has 3 heterocycles. The van der Waals surface area contributed by atoms with Gasteiger partial charge in [-0.2, -0.15) is 0 Å². The molecule has 3 N–H and O–H groups in total. The number of benzene rings is 1. The Hall–Kier alpha value is -3.75.